The Labute approximate surface area is 177 Å². The molecule has 0 spiro atoms. The van der Waals surface area contributed by atoms with E-state index >= 15 is 0 Å². The summed E-state index contributed by atoms with van der Waals surface area (Å²) in [5, 5.41) is 10.8. The third-order valence-electron chi connectivity index (χ3n) is 4.57. The number of aliphatic imine (C=N–C) groups is 1. The Balaban J connectivity index is 2.16. The number of ether oxygens (including phenoxy) is 2. The average molecular weight is 423 g/mol. The molecule has 9 heteroatoms. The molecule has 0 saturated heterocycles. The van der Waals surface area contributed by atoms with Crippen LogP contribution in [0.5, 0.6) is 11.6 Å². The monoisotopic (exact) mass is 423 g/mol. The van der Waals surface area contributed by atoms with Crippen LogP contribution in [-0.4, -0.2) is 40.6 Å². The molecule has 1 aromatic heterocycles. The summed E-state index contributed by atoms with van der Waals surface area (Å²) in [6.45, 7) is 1.75. The van der Waals surface area contributed by atoms with E-state index in [1.807, 2.05) is 0 Å². The van der Waals surface area contributed by atoms with Crippen LogP contribution in [-0.2, 0) is 4.74 Å². The van der Waals surface area contributed by atoms with Crippen molar-refractivity contribution in [1.82, 2.24) is 9.55 Å². The van der Waals surface area contributed by atoms with Crippen molar-refractivity contribution in [1.29, 1.82) is 0 Å². The van der Waals surface area contributed by atoms with Crippen LogP contribution in [0.4, 0.5) is 5.69 Å². The molecule has 2 N–H and O–H groups in total. The normalized spacial score (nSPS) is 11.3. The number of benzene rings is 2. The van der Waals surface area contributed by atoms with Crippen LogP contribution in [0.3, 0.4) is 0 Å². The minimum absolute atomic E-state index is 0.138. The lowest BCUT2D eigenvalue weighted by Gasteiger charge is -2.13. The number of carbonyl (C=O) groups is 1. The molecule has 0 saturated carbocycles. The highest BCUT2D eigenvalue weighted by Crippen LogP contribution is 2.23. The Bertz CT molecular complexity index is 1260. The first-order valence-corrected chi connectivity index (χ1v) is 9.38. The van der Waals surface area contributed by atoms with E-state index in [1.165, 1.54) is 20.3 Å². The summed E-state index contributed by atoms with van der Waals surface area (Å²) in [7, 11) is 2.78. The highest BCUT2D eigenvalue weighted by atomic mass is 16.5. The molecule has 0 aliphatic carbocycles. The summed E-state index contributed by atoms with van der Waals surface area (Å²) in [4.78, 5) is 43.4. The Morgan fingerprint density at radius 2 is 1.84 bits per heavy atom. The Morgan fingerprint density at radius 3 is 2.45 bits per heavy atom. The number of aromatic nitrogens is 2. The van der Waals surface area contributed by atoms with E-state index in [1.54, 1.807) is 49.4 Å². The maximum Gasteiger partial charge on any atom is 0.337 e. The lowest BCUT2D eigenvalue weighted by Crippen LogP contribution is -2.33. The van der Waals surface area contributed by atoms with Gasteiger partial charge < -0.3 is 14.6 Å². The first-order valence-electron chi connectivity index (χ1n) is 9.38. The topological polar surface area (TPSA) is 123 Å². The zero-order valence-electron chi connectivity index (χ0n) is 17.2. The number of nitrogens with one attached hydrogen (secondary N) is 1. The van der Waals surface area contributed by atoms with Gasteiger partial charge >= 0.3 is 11.7 Å². The summed E-state index contributed by atoms with van der Waals surface area (Å²) in [6.07, 6.45) is 0.278. The molecule has 160 valence electrons. The second-order valence-electron chi connectivity index (χ2n) is 6.45. The fraction of sp³-hybridized carbons (Fsp3) is 0.182. The van der Waals surface area contributed by atoms with Crippen molar-refractivity contribution in [2.45, 2.75) is 13.3 Å². The zero-order chi connectivity index (χ0) is 22.5. The first kappa shape index (κ1) is 21.6. The molecule has 0 radical (unpaired) electrons. The molecule has 0 amide bonds. The highest BCUT2D eigenvalue weighted by Gasteiger charge is 2.20. The van der Waals surface area contributed by atoms with E-state index in [-0.39, 0.29) is 17.7 Å². The number of nitrogens with zero attached hydrogens (tertiary/aromatic N) is 2. The number of hydrogen-bond donors (Lipinski definition) is 2. The Morgan fingerprint density at radius 1 is 1.13 bits per heavy atom. The maximum absolute atomic E-state index is 12.6. The summed E-state index contributed by atoms with van der Waals surface area (Å²) < 4.78 is 10.8. The minimum atomic E-state index is -0.792. The van der Waals surface area contributed by atoms with Gasteiger partial charge in [0.05, 0.1) is 36.9 Å². The smallest absolute Gasteiger partial charge is 0.337 e. The molecule has 31 heavy (non-hydrogen) atoms. The van der Waals surface area contributed by atoms with E-state index < -0.39 is 23.1 Å². The SMILES string of the molecule is CCC(=Nc1cccc(C(=O)OC)c1)c1c(O)n(-c2ccc(OC)cc2)c(=O)[nH]c1=O. The highest BCUT2D eigenvalue weighted by molar-refractivity contribution is 6.03. The molecule has 0 fully saturated rings. The molecule has 3 rings (SSSR count). The second kappa shape index (κ2) is 9.12. The molecule has 2 aromatic carbocycles. The third kappa shape index (κ3) is 4.40. The molecule has 3 aromatic rings. The van der Waals surface area contributed by atoms with Gasteiger partial charge in [0.2, 0.25) is 5.88 Å². The summed E-state index contributed by atoms with van der Waals surface area (Å²) in [5.74, 6) is -0.491. The van der Waals surface area contributed by atoms with Crippen LogP contribution in [0.1, 0.15) is 29.3 Å². The van der Waals surface area contributed by atoms with Gasteiger partial charge in [0.15, 0.2) is 0 Å². The van der Waals surface area contributed by atoms with Crippen molar-refractivity contribution in [2.75, 3.05) is 14.2 Å². The zero-order valence-corrected chi connectivity index (χ0v) is 17.2. The Hall–Kier alpha value is -4.14. The summed E-state index contributed by atoms with van der Waals surface area (Å²) in [5.41, 5.74) is -0.439. The molecule has 0 bridgehead atoms. The van der Waals surface area contributed by atoms with Gasteiger partial charge in [0.25, 0.3) is 5.56 Å². The minimum Gasteiger partial charge on any atom is -0.497 e. The summed E-state index contributed by atoms with van der Waals surface area (Å²) in [6, 6.07) is 12.7. The average Bonchev–Trinajstić information content (AvgIpc) is 2.78. The van der Waals surface area contributed by atoms with Gasteiger partial charge in [-0.3, -0.25) is 14.8 Å². The maximum atomic E-state index is 12.6. The fourth-order valence-corrected chi connectivity index (χ4v) is 3.04. The van der Waals surface area contributed by atoms with Gasteiger partial charge in [-0.2, -0.15) is 0 Å². The number of hydrogen-bond acceptors (Lipinski definition) is 7. The molecular weight excluding hydrogens is 402 g/mol. The predicted molar refractivity (Wildman–Crippen MR) is 115 cm³/mol. The van der Waals surface area contributed by atoms with Crippen LogP contribution in [0.2, 0.25) is 0 Å². The van der Waals surface area contributed by atoms with Crippen molar-refractivity contribution in [3.05, 3.63) is 80.5 Å². The third-order valence-corrected chi connectivity index (χ3v) is 4.57. The number of methoxy groups -OCH3 is 2. The van der Waals surface area contributed by atoms with E-state index in [4.69, 9.17) is 9.47 Å². The van der Waals surface area contributed by atoms with Crippen LogP contribution >= 0.6 is 0 Å². The molecule has 1 heterocycles. The van der Waals surface area contributed by atoms with Crippen LogP contribution in [0, 0.1) is 0 Å². The number of rotatable bonds is 6. The lowest BCUT2D eigenvalue weighted by atomic mass is 10.1. The number of aromatic amines is 1. The van der Waals surface area contributed by atoms with Gasteiger partial charge in [-0.05, 0) is 48.9 Å². The predicted octanol–water partition coefficient (Wildman–Crippen LogP) is 2.56. The van der Waals surface area contributed by atoms with Crippen molar-refractivity contribution < 1.29 is 19.4 Å². The molecule has 0 aliphatic rings. The van der Waals surface area contributed by atoms with Gasteiger partial charge in [-0.25, -0.2) is 14.2 Å². The van der Waals surface area contributed by atoms with E-state index in [0.717, 1.165) is 4.57 Å². The standard InChI is InChI=1S/C22H21N3O6/c1-4-17(23-14-7-5-6-13(12-14)21(28)31-3)18-19(26)24-22(29)25(20(18)27)15-8-10-16(30-2)11-9-15/h5-12,27H,4H2,1-3H3,(H,24,26,29). The fourth-order valence-electron chi connectivity index (χ4n) is 3.04. The molecule has 0 atom stereocenters. The first-order chi connectivity index (χ1) is 14.9. The van der Waals surface area contributed by atoms with E-state index in [2.05, 4.69) is 9.98 Å². The Kier molecular flexibility index (Phi) is 6.35. The van der Waals surface area contributed by atoms with E-state index in [9.17, 15) is 19.5 Å². The van der Waals surface area contributed by atoms with Gasteiger partial charge in [0.1, 0.15) is 11.3 Å². The van der Waals surface area contributed by atoms with Gasteiger partial charge in [-0.15, -0.1) is 0 Å². The summed E-state index contributed by atoms with van der Waals surface area (Å²) >= 11 is 0. The second-order valence-corrected chi connectivity index (χ2v) is 6.45. The number of H-pyrrole nitrogens is 1. The van der Waals surface area contributed by atoms with Crippen molar-refractivity contribution in [3.8, 4) is 17.3 Å². The molecule has 0 unspecified atom stereocenters. The molecular formula is C22H21N3O6. The number of esters is 1. The van der Waals surface area contributed by atoms with Crippen molar-refractivity contribution >= 4 is 17.4 Å². The van der Waals surface area contributed by atoms with Crippen LogP contribution in [0.15, 0.2) is 63.1 Å². The largest absolute Gasteiger partial charge is 0.497 e. The van der Waals surface area contributed by atoms with Crippen LogP contribution < -0.4 is 16.0 Å². The van der Waals surface area contributed by atoms with Crippen LogP contribution in [0.25, 0.3) is 5.69 Å². The molecule has 9 nitrogen and oxygen atoms in total. The number of aromatic hydroxyl groups is 1. The van der Waals surface area contributed by atoms with Gasteiger partial charge in [-0.1, -0.05) is 13.0 Å². The number of carbonyl (C=O) groups excluding carboxylic acids is 1. The van der Waals surface area contributed by atoms with Gasteiger partial charge in [0, 0.05) is 0 Å². The van der Waals surface area contributed by atoms with E-state index in [0.29, 0.717) is 22.7 Å². The van der Waals surface area contributed by atoms with Crippen molar-refractivity contribution in [3.63, 3.8) is 0 Å². The lowest BCUT2D eigenvalue weighted by molar-refractivity contribution is 0.0600. The quantitative estimate of drug-likeness (QED) is 0.464. The van der Waals surface area contributed by atoms with Crippen molar-refractivity contribution in [2.24, 2.45) is 4.99 Å². The molecule has 0 aliphatic heterocycles.